The molecule has 24 heavy (non-hydrogen) atoms. The second-order valence-corrected chi connectivity index (χ2v) is 6.94. The van der Waals surface area contributed by atoms with Gasteiger partial charge < -0.3 is 14.8 Å². The standard InChI is InChI=1S/C18H23N3O3/c1-11-14(6-9-24-11)15-10-16(21(20-15)7-8-22)19-18(23)17(12-2-3-12)13-4-5-13/h6,9-10,12-13,17,22H,2-5,7-8H2,1H3,(H,19,23). The topological polar surface area (TPSA) is 80.3 Å². The third kappa shape index (κ3) is 2.98. The molecule has 2 saturated carbocycles. The van der Waals surface area contributed by atoms with E-state index in [0.29, 0.717) is 24.2 Å². The van der Waals surface area contributed by atoms with Gasteiger partial charge in [0.05, 0.1) is 25.1 Å². The van der Waals surface area contributed by atoms with E-state index in [0.717, 1.165) is 17.0 Å². The number of amides is 1. The monoisotopic (exact) mass is 329 g/mol. The zero-order chi connectivity index (χ0) is 16.7. The average Bonchev–Trinajstić information content (AvgIpc) is 3.47. The summed E-state index contributed by atoms with van der Waals surface area (Å²) in [5.74, 6) is 2.80. The van der Waals surface area contributed by atoms with Crippen LogP contribution in [0, 0.1) is 24.7 Å². The first-order valence-corrected chi connectivity index (χ1v) is 8.71. The predicted molar refractivity (Wildman–Crippen MR) is 89.3 cm³/mol. The molecule has 2 aromatic heterocycles. The number of nitrogens with one attached hydrogen (secondary N) is 1. The molecule has 0 aliphatic heterocycles. The molecule has 0 unspecified atom stereocenters. The van der Waals surface area contributed by atoms with Crippen molar-refractivity contribution in [3.8, 4) is 11.3 Å². The van der Waals surface area contributed by atoms with E-state index in [1.54, 1.807) is 10.9 Å². The van der Waals surface area contributed by atoms with Crippen molar-refractivity contribution in [2.75, 3.05) is 11.9 Å². The lowest BCUT2D eigenvalue weighted by Gasteiger charge is -2.15. The van der Waals surface area contributed by atoms with Crippen molar-refractivity contribution in [3.05, 3.63) is 24.2 Å². The zero-order valence-electron chi connectivity index (χ0n) is 13.9. The summed E-state index contributed by atoms with van der Waals surface area (Å²) in [6, 6.07) is 3.73. The zero-order valence-corrected chi connectivity index (χ0v) is 13.9. The molecule has 0 radical (unpaired) electrons. The minimum atomic E-state index is -0.0248. The van der Waals surface area contributed by atoms with Gasteiger partial charge in [-0.1, -0.05) is 0 Å². The Kier molecular flexibility index (Phi) is 3.92. The van der Waals surface area contributed by atoms with Crippen LogP contribution in [0.15, 0.2) is 22.8 Å². The van der Waals surface area contributed by atoms with E-state index in [1.807, 2.05) is 19.1 Å². The van der Waals surface area contributed by atoms with Crippen molar-refractivity contribution in [2.45, 2.75) is 39.2 Å². The number of aliphatic hydroxyl groups excluding tert-OH is 1. The normalized spacial score (nSPS) is 17.5. The minimum absolute atomic E-state index is 0.0248. The fraction of sp³-hybridized carbons (Fsp3) is 0.556. The van der Waals surface area contributed by atoms with Gasteiger partial charge in [0.1, 0.15) is 11.6 Å². The maximum atomic E-state index is 12.8. The molecule has 2 fully saturated rings. The van der Waals surface area contributed by atoms with Gasteiger partial charge in [0.2, 0.25) is 5.91 Å². The van der Waals surface area contributed by atoms with Crippen molar-refractivity contribution >= 4 is 11.7 Å². The number of carbonyl (C=O) groups is 1. The second-order valence-electron chi connectivity index (χ2n) is 6.94. The Hall–Kier alpha value is -2.08. The first-order valence-electron chi connectivity index (χ1n) is 8.71. The van der Waals surface area contributed by atoms with Crippen LogP contribution in [0.1, 0.15) is 31.4 Å². The molecule has 2 aliphatic carbocycles. The smallest absolute Gasteiger partial charge is 0.229 e. The van der Waals surface area contributed by atoms with Crippen molar-refractivity contribution in [1.82, 2.24) is 9.78 Å². The summed E-state index contributed by atoms with van der Waals surface area (Å²) in [5, 5.41) is 16.9. The maximum Gasteiger partial charge on any atom is 0.229 e. The van der Waals surface area contributed by atoms with E-state index < -0.39 is 0 Å². The van der Waals surface area contributed by atoms with E-state index in [2.05, 4.69) is 10.4 Å². The highest BCUT2D eigenvalue weighted by atomic mass is 16.3. The Bertz CT molecular complexity index is 729. The highest BCUT2D eigenvalue weighted by Crippen LogP contribution is 2.49. The molecule has 0 atom stereocenters. The Balaban J connectivity index is 1.58. The summed E-state index contributed by atoms with van der Waals surface area (Å²) < 4.78 is 7.00. The maximum absolute atomic E-state index is 12.8. The minimum Gasteiger partial charge on any atom is -0.469 e. The van der Waals surface area contributed by atoms with Crippen molar-refractivity contribution in [3.63, 3.8) is 0 Å². The largest absolute Gasteiger partial charge is 0.469 e. The Morgan fingerprint density at radius 1 is 1.42 bits per heavy atom. The van der Waals surface area contributed by atoms with Crippen molar-refractivity contribution in [2.24, 2.45) is 17.8 Å². The van der Waals surface area contributed by atoms with Gasteiger partial charge in [0, 0.05) is 17.5 Å². The number of nitrogens with zero attached hydrogens (tertiary/aromatic N) is 2. The predicted octanol–water partition coefficient (Wildman–Crippen LogP) is 2.82. The van der Waals surface area contributed by atoms with E-state index >= 15 is 0 Å². The molecular weight excluding hydrogens is 306 g/mol. The molecule has 0 saturated heterocycles. The van der Waals surface area contributed by atoms with Crippen LogP contribution in [0.5, 0.6) is 0 Å². The number of carbonyl (C=O) groups excluding carboxylic acids is 1. The van der Waals surface area contributed by atoms with Gasteiger partial charge in [-0.15, -0.1) is 0 Å². The number of aliphatic hydroxyl groups is 1. The van der Waals surface area contributed by atoms with Gasteiger partial charge in [-0.2, -0.15) is 5.10 Å². The van der Waals surface area contributed by atoms with Gasteiger partial charge >= 0.3 is 0 Å². The van der Waals surface area contributed by atoms with Crippen LogP contribution in [-0.2, 0) is 11.3 Å². The van der Waals surface area contributed by atoms with Crippen LogP contribution in [0.3, 0.4) is 0 Å². The summed E-state index contributed by atoms with van der Waals surface area (Å²) in [7, 11) is 0. The highest BCUT2D eigenvalue weighted by molar-refractivity contribution is 5.93. The van der Waals surface area contributed by atoms with E-state index in [4.69, 9.17) is 4.42 Å². The average molecular weight is 329 g/mol. The lowest BCUT2D eigenvalue weighted by atomic mass is 9.97. The summed E-state index contributed by atoms with van der Waals surface area (Å²) in [5.41, 5.74) is 1.66. The first-order chi connectivity index (χ1) is 11.7. The van der Waals surface area contributed by atoms with Gasteiger partial charge in [-0.05, 0) is 50.5 Å². The first kappa shape index (κ1) is 15.4. The van der Waals surface area contributed by atoms with Crippen molar-refractivity contribution < 1.29 is 14.3 Å². The fourth-order valence-corrected chi connectivity index (χ4v) is 3.50. The van der Waals surface area contributed by atoms with Gasteiger partial charge in [0.25, 0.3) is 0 Å². The Morgan fingerprint density at radius 2 is 2.12 bits per heavy atom. The van der Waals surface area contributed by atoms with E-state index in [9.17, 15) is 9.90 Å². The second kappa shape index (κ2) is 6.09. The molecule has 2 aromatic rings. The number of hydrogen-bond donors (Lipinski definition) is 2. The van der Waals surface area contributed by atoms with Crippen LogP contribution >= 0.6 is 0 Å². The van der Waals surface area contributed by atoms with Crippen molar-refractivity contribution in [1.29, 1.82) is 0 Å². The number of anilines is 1. The van der Waals surface area contributed by atoms with Crippen LogP contribution < -0.4 is 5.32 Å². The SMILES string of the molecule is Cc1occc1-c1cc(NC(=O)C(C2CC2)C2CC2)n(CCO)n1. The molecule has 2 heterocycles. The third-order valence-corrected chi connectivity index (χ3v) is 5.04. The highest BCUT2D eigenvalue weighted by Gasteiger charge is 2.45. The number of aryl methyl sites for hydroxylation is 1. The number of hydrogen-bond acceptors (Lipinski definition) is 4. The van der Waals surface area contributed by atoms with Crippen LogP contribution in [0.2, 0.25) is 0 Å². The molecule has 4 rings (SSSR count). The van der Waals surface area contributed by atoms with Crippen LogP contribution in [-0.4, -0.2) is 27.4 Å². The molecule has 0 aromatic carbocycles. The molecule has 6 nitrogen and oxygen atoms in total. The summed E-state index contributed by atoms with van der Waals surface area (Å²) in [6.07, 6.45) is 6.31. The van der Waals surface area contributed by atoms with Gasteiger partial charge in [-0.3, -0.25) is 4.79 Å². The van der Waals surface area contributed by atoms with Gasteiger partial charge in [-0.25, -0.2) is 4.68 Å². The Labute approximate surface area is 140 Å². The lowest BCUT2D eigenvalue weighted by Crippen LogP contribution is -2.27. The molecule has 2 N–H and O–H groups in total. The van der Waals surface area contributed by atoms with E-state index in [-0.39, 0.29) is 18.4 Å². The van der Waals surface area contributed by atoms with Crippen LogP contribution in [0.25, 0.3) is 11.3 Å². The molecule has 0 spiro atoms. The molecule has 1 amide bonds. The molecule has 0 bridgehead atoms. The number of rotatable bonds is 7. The molecule has 2 aliphatic rings. The number of aromatic nitrogens is 2. The number of furan rings is 1. The summed E-state index contributed by atoms with van der Waals surface area (Å²) in [6.45, 7) is 2.21. The molecular formula is C18H23N3O3. The summed E-state index contributed by atoms with van der Waals surface area (Å²) >= 11 is 0. The third-order valence-electron chi connectivity index (χ3n) is 5.04. The van der Waals surface area contributed by atoms with E-state index in [1.165, 1.54) is 25.7 Å². The molecule has 6 heteroatoms. The quantitative estimate of drug-likeness (QED) is 0.818. The molecule has 128 valence electrons. The fourth-order valence-electron chi connectivity index (χ4n) is 3.50. The van der Waals surface area contributed by atoms with Gasteiger partial charge in [0.15, 0.2) is 0 Å². The summed E-state index contributed by atoms with van der Waals surface area (Å²) in [4.78, 5) is 12.8. The Morgan fingerprint density at radius 3 is 2.67 bits per heavy atom. The van der Waals surface area contributed by atoms with Crippen LogP contribution in [0.4, 0.5) is 5.82 Å². The lowest BCUT2D eigenvalue weighted by molar-refractivity contribution is -0.121.